The highest BCUT2D eigenvalue weighted by Crippen LogP contribution is 2.31. The van der Waals surface area contributed by atoms with E-state index in [1.54, 1.807) is 0 Å². The maximum Gasteiger partial charge on any atom is 0.433 e. The number of aliphatic carboxylic acids is 1. The maximum absolute atomic E-state index is 13.1. The van der Waals surface area contributed by atoms with E-state index in [1.807, 2.05) is 13.8 Å². The molecular weight excluding hydrogens is 337 g/mol. The third kappa shape index (κ3) is 5.13. The van der Waals surface area contributed by atoms with E-state index < -0.39 is 23.9 Å². The molecule has 0 fully saturated rings. The van der Waals surface area contributed by atoms with Crippen molar-refractivity contribution >= 4 is 11.8 Å². The number of carbonyl (C=O) groups is 1. The number of halogens is 3. The van der Waals surface area contributed by atoms with Gasteiger partial charge in [0, 0.05) is 24.0 Å². The van der Waals surface area contributed by atoms with Crippen LogP contribution in [0.2, 0.25) is 0 Å². The number of anilines is 1. The molecule has 0 radical (unpaired) electrons. The molecule has 0 unspecified atom stereocenters. The highest BCUT2D eigenvalue weighted by molar-refractivity contribution is 5.77. The quantitative estimate of drug-likeness (QED) is 0.826. The Bertz CT molecular complexity index is 736. The second-order valence-corrected chi connectivity index (χ2v) is 5.86. The zero-order valence-corrected chi connectivity index (χ0v) is 13.6. The van der Waals surface area contributed by atoms with Crippen LogP contribution in [0.1, 0.15) is 26.0 Å². The van der Waals surface area contributed by atoms with Crippen LogP contribution in [0, 0.1) is 5.92 Å². The molecule has 0 saturated carbocycles. The summed E-state index contributed by atoms with van der Waals surface area (Å²) >= 11 is 0. The van der Waals surface area contributed by atoms with Crippen molar-refractivity contribution in [3.63, 3.8) is 0 Å². The fraction of sp³-hybridized carbons (Fsp3) is 0.375. The summed E-state index contributed by atoms with van der Waals surface area (Å²) in [6.07, 6.45) is -1.63. The van der Waals surface area contributed by atoms with E-state index in [1.165, 1.54) is 24.5 Å². The molecule has 0 aliphatic rings. The summed E-state index contributed by atoms with van der Waals surface area (Å²) < 4.78 is 39.4. The van der Waals surface area contributed by atoms with E-state index in [9.17, 15) is 23.1 Å². The number of nitrogens with zero attached hydrogens (tertiary/aromatic N) is 3. The first-order valence-electron chi connectivity index (χ1n) is 7.53. The average Bonchev–Trinajstić information content (AvgIpc) is 2.53. The van der Waals surface area contributed by atoms with Crippen molar-refractivity contribution in [2.45, 2.75) is 32.5 Å². The monoisotopic (exact) mass is 354 g/mol. The number of hydrogen-bond acceptors (Lipinski definition) is 5. The fourth-order valence-electron chi connectivity index (χ4n) is 2.17. The number of hydrogen-bond donors (Lipinski definition) is 2. The van der Waals surface area contributed by atoms with Gasteiger partial charge in [-0.25, -0.2) is 14.8 Å². The van der Waals surface area contributed by atoms with Crippen molar-refractivity contribution in [3.8, 4) is 11.4 Å². The second kappa shape index (κ2) is 7.45. The standard InChI is InChI=1S/C16H17F3N4O2/c1-9(2)7-11(15(24)25)21-13-8-12(16(17,18)19)22-14(23-13)10-3-5-20-6-4-10/h3-6,8-9,11H,7H2,1-2H3,(H,24,25)(H,21,22,23)/t11-/m0/s1. The van der Waals surface area contributed by atoms with E-state index >= 15 is 0 Å². The van der Waals surface area contributed by atoms with Crippen molar-refractivity contribution in [2.24, 2.45) is 5.92 Å². The molecule has 2 aromatic rings. The van der Waals surface area contributed by atoms with Crippen LogP contribution in [0.15, 0.2) is 30.6 Å². The highest BCUT2D eigenvalue weighted by atomic mass is 19.4. The van der Waals surface area contributed by atoms with E-state index in [0.29, 0.717) is 11.6 Å². The van der Waals surface area contributed by atoms with Crippen molar-refractivity contribution in [3.05, 3.63) is 36.3 Å². The molecule has 2 heterocycles. The van der Waals surface area contributed by atoms with Crippen LogP contribution in [-0.2, 0) is 11.0 Å². The van der Waals surface area contributed by atoms with Crippen LogP contribution in [0.25, 0.3) is 11.4 Å². The number of nitrogens with one attached hydrogen (secondary N) is 1. The van der Waals surface area contributed by atoms with Crippen molar-refractivity contribution in [2.75, 3.05) is 5.32 Å². The summed E-state index contributed by atoms with van der Waals surface area (Å²) in [6, 6.07) is 2.60. The summed E-state index contributed by atoms with van der Waals surface area (Å²) in [7, 11) is 0. The molecule has 0 amide bonds. The molecule has 0 saturated heterocycles. The van der Waals surface area contributed by atoms with Crippen LogP contribution in [0.5, 0.6) is 0 Å². The van der Waals surface area contributed by atoms with Crippen molar-refractivity contribution in [1.82, 2.24) is 15.0 Å². The van der Waals surface area contributed by atoms with Gasteiger partial charge in [-0.05, 0) is 24.5 Å². The Morgan fingerprint density at radius 1 is 1.24 bits per heavy atom. The molecule has 6 nitrogen and oxygen atoms in total. The lowest BCUT2D eigenvalue weighted by Gasteiger charge is -2.18. The second-order valence-electron chi connectivity index (χ2n) is 5.86. The van der Waals surface area contributed by atoms with Gasteiger partial charge in [0.05, 0.1) is 0 Å². The van der Waals surface area contributed by atoms with Gasteiger partial charge in [0.25, 0.3) is 0 Å². The zero-order chi connectivity index (χ0) is 18.6. The van der Waals surface area contributed by atoms with Gasteiger partial charge in [0.2, 0.25) is 0 Å². The zero-order valence-electron chi connectivity index (χ0n) is 13.6. The van der Waals surface area contributed by atoms with Gasteiger partial charge in [0.15, 0.2) is 11.5 Å². The summed E-state index contributed by atoms with van der Waals surface area (Å²) in [4.78, 5) is 22.7. The lowest BCUT2D eigenvalue weighted by atomic mass is 10.0. The summed E-state index contributed by atoms with van der Waals surface area (Å²) in [6.45, 7) is 3.64. The van der Waals surface area contributed by atoms with Crippen LogP contribution in [0.3, 0.4) is 0 Å². The largest absolute Gasteiger partial charge is 0.480 e. The Balaban J connectivity index is 2.44. The van der Waals surface area contributed by atoms with Crippen molar-refractivity contribution < 1.29 is 23.1 Å². The van der Waals surface area contributed by atoms with Gasteiger partial charge in [0.1, 0.15) is 11.9 Å². The number of alkyl halides is 3. The minimum Gasteiger partial charge on any atom is -0.480 e. The highest BCUT2D eigenvalue weighted by Gasteiger charge is 2.34. The van der Waals surface area contributed by atoms with E-state index in [-0.39, 0.29) is 24.0 Å². The first-order chi connectivity index (χ1) is 11.7. The predicted octanol–water partition coefficient (Wildman–Crippen LogP) is 3.47. The fourth-order valence-corrected chi connectivity index (χ4v) is 2.17. The first kappa shape index (κ1) is 18.6. The normalized spacial score (nSPS) is 12.9. The molecule has 9 heteroatoms. The number of rotatable bonds is 6. The summed E-state index contributed by atoms with van der Waals surface area (Å²) in [5, 5.41) is 11.8. The van der Waals surface area contributed by atoms with Gasteiger partial charge >= 0.3 is 12.1 Å². The van der Waals surface area contributed by atoms with Crippen LogP contribution < -0.4 is 5.32 Å². The van der Waals surface area contributed by atoms with E-state index in [0.717, 1.165) is 0 Å². The Kier molecular flexibility index (Phi) is 5.55. The Hall–Kier alpha value is -2.71. The minimum atomic E-state index is -4.68. The minimum absolute atomic E-state index is 0.0391. The third-order valence-corrected chi connectivity index (χ3v) is 3.28. The number of pyridine rings is 1. The van der Waals surface area contributed by atoms with E-state index in [4.69, 9.17) is 0 Å². The van der Waals surface area contributed by atoms with Gasteiger partial charge in [-0.2, -0.15) is 13.2 Å². The predicted molar refractivity (Wildman–Crippen MR) is 84.8 cm³/mol. The summed E-state index contributed by atoms with van der Waals surface area (Å²) in [5.41, 5.74) is -0.801. The number of carboxylic acid groups (broad SMARTS) is 1. The van der Waals surface area contributed by atoms with Crippen LogP contribution in [-0.4, -0.2) is 32.1 Å². The molecule has 2 N–H and O–H groups in total. The molecule has 2 aromatic heterocycles. The molecular formula is C16H17F3N4O2. The summed E-state index contributed by atoms with van der Waals surface area (Å²) in [5.74, 6) is -1.47. The lowest BCUT2D eigenvalue weighted by molar-refractivity contribution is -0.141. The SMILES string of the molecule is CC(C)C[C@H](Nc1cc(C(F)(F)F)nc(-c2ccncc2)n1)C(=O)O. The molecule has 1 atom stereocenters. The Morgan fingerprint density at radius 3 is 2.40 bits per heavy atom. The molecule has 2 rings (SSSR count). The molecule has 0 aliphatic heterocycles. The number of carboxylic acids is 1. The third-order valence-electron chi connectivity index (χ3n) is 3.28. The average molecular weight is 354 g/mol. The van der Waals surface area contributed by atoms with Gasteiger partial charge in [-0.3, -0.25) is 4.98 Å². The molecule has 0 bridgehead atoms. The molecule has 0 spiro atoms. The first-order valence-corrected chi connectivity index (χ1v) is 7.53. The molecule has 25 heavy (non-hydrogen) atoms. The van der Waals surface area contributed by atoms with Gasteiger partial charge in [-0.15, -0.1) is 0 Å². The Labute approximate surface area is 142 Å². The molecule has 134 valence electrons. The van der Waals surface area contributed by atoms with Gasteiger partial charge < -0.3 is 10.4 Å². The molecule has 0 aromatic carbocycles. The van der Waals surface area contributed by atoms with Crippen LogP contribution in [0.4, 0.5) is 19.0 Å². The maximum atomic E-state index is 13.1. The lowest BCUT2D eigenvalue weighted by Crippen LogP contribution is -2.31. The number of aromatic nitrogens is 3. The van der Waals surface area contributed by atoms with Gasteiger partial charge in [-0.1, -0.05) is 13.8 Å². The van der Waals surface area contributed by atoms with E-state index in [2.05, 4.69) is 20.3 Å². The molecule has 0 aliphatic carbocycles. The van der Waals surface area contributed by atoms with Crippen LogP contribution >= 0.6 is 0 Å². The Morgan fingerprint density at radius 2 is 1.88 bits per heavy atom. The van der Waals surface area contributed by atoms with Crippen molar-refractivity contribution in [1.29, 1.82) is 0 Å². The smallest absolute Gasteiger partial charge is 0.433 e. The topological polar surface area (TPSA) is 88.0 Å².